The molecule has 3 rings (SSSR count). The van der Waals surface area contributed by atoms with E-state index in [9.17, 15) is 4.39 Å². The predicted molar refractivity (Wildman–Crippen MR) is 97.3 cm³/mol. The molecule has 0 radical (unpaired) electrons. The van der Waals surface area contributed by atoms with Gasteiger partial charge in [0.15, 0.2) is 5.75 Å². The molecule has 1 fully saturated rings. The molecule has 1 heterocycles. The zero-order chi connectivity index (χ0) is 17.6. The van der Waals surface area contributed by atoms with E-state index in [0.29, 0.717) is 12.5 Å². The zero-order valence-corrected chi connectivity index (χ0v) is 15.0. The second-order valence-electron chi connectivity index (χ2n) is 7.24. The molecule has 2 aliphatic rings. The molecular weight excluding hydrogens is 317 g/mol. The average molecular weight is 345 g/mol. The van der Waals surface area contributed by atoms with Gasteiger partial charge in [-0.25, -0.2) is 0 Å². The lowest BCUT2D eigenvalue weighted by molar-refractivity contribution is 0.206. The van der Waals surface area contributed by atoms with Crippen LogP contribution >= 0.6 is 0 Å². The summed E-state index contributed by atoms with van der Waals surface area (Å²) in [6.45, 7) is 4.43. The highest BCUT2D eigenvalue weighted by molar-refractivity contribution is 5.24. The Labute approximate surface area is 149 Å². The fraction of sp³-hybridized carbons (Fsp3) is 0.571. The molecule has 0 spiro atoms. The number of allylic oxidation sites excluding steroid dienone is 2. The minimum atomic E-state index is -0.632. The summed E-state index contributed by atoms with van der Waals surface area (Å²) in [6.07, 6.45) is 13.2. The first-order valence-electron chi connectivity index (χ1n) is 9.33. The van der Waals surface area contributed by atoms with Crippen molar-refractivity contribution in [3.8, 4) is 11.6 Å². The molecule has 4 heteroatoms. The number of aromatic nitrogens is 1. The Hall–Kier alpha value is -1.84. The highest BCUT2D eigenvalue weighted by Gasteiger charge is 2.27. The van der Waals surface area contributed by atoms with Gasteiger partial charge in [0.1, 0.15) is 6.61 Å². The van der Waals surface area contributed by atoms with Crippen molar-refractivity contribution in [2.24, 2.45) is 17.8 Å². The van der Waals surface area contributed by atoms with E-state index in [-0.39, 0.29) is 5.75 Å². The number of methoxy groups -OCH3 is 1. The van der Waals surface area contributed by atoms with Crippen LogP contribution in [0, 0.1) is 23.7 Å². The lowest BCUT2D eigenvalue weighted by Gasteiger charge is -2.34. The number of rotatable bonds is 6. The summed E-state index contributed by atoms with van der Waals surface area (Å²) in [6, 6.07) is 3.19. The van der Waals surface area contributed by atoms with Crippen molar-refractivity contribution in [2.45, 2.75) is 44.9 Å². The van der Waals surface area contributed by atoms with E-state index in [1.165, 1.54) is 44.8 Å². The molecule has 0 amide bonds. The van der Waals surface area contributed by atoms with E-state index in [1.807, 2.05) is 0 Å². The molecule has 25 heavy (non-hydrogen) atoms. The first-order chi connectivity index (χ1) is 12.2. The van der Waals surface area contributed by atoms with Crippen LogP contribution in [0.4, 0.5) is 4.39 Å². The van der Waals surface area contributed by atoms with Gasteiger partial charge < -0.3 is 9.47 Å². The molecule has 0 N–H and O–H groups in total. The zero-order valence-electron chi connectivity index (χ0n) is 15.0. The summed E-state index contributed by atoms with van der Waals surface area (Å²) in [5, 5.41) is 0. The van der Waals surface area contributed by atoms with Crippen molar-refractivity contribution in [1.82, 2.24) is 4.98 Å². The minimum absolute atomic E-state index is 0.137. The summed E-state index contributed by atoms with van der Waals surface area (Å²) in [4.78, 5) is 3.78. The first-order valence-corrected chi connectivity index (χ1v) is 9.33. The molecule has 1 unspecified atom stereocenters. The minimum Gasteiger partial charge on any atom is -0.492 e. The fourth-order valence-corrected chi connectivity index (χ4v) is 4.12. The van der Waals surface area contributed by atoms with Gasteiger partial charge in [0, 0.05) is 6.07 Å². The van der Waals surface area contributed by atoms with E-state index in [4.69, 9.17) is 9.47 Å². The second-order valence-corrected chi connectivity index (χ2v) is 7.24. The molecular formula is C21H28FNO2. The summed E-state index contributed by atoms with van der Waals surface area (Å²) < 4.78 is 24.1. The van der Waals surface area contributed by atoms with Gasteiger partial charge in [-0.15, -0.1) is 6.58 Å². The van der Waals surface area contributed by atoms with Crippen LogP contribution in [0.5, 0.6) is 11.6 Å². The third kappa shape index (κ3) is 4.62. The normalized spacial score (nSPS) is 26.6. The van der Waals surface area contributed by atoms with Gasteiger partial charge in [0.25, 0.3) is 5.95 Å². The Balaban J connectivity index is 1.47. The van der Waals surface area contributed by atoms with Crippen LogP contribution in [-0.2, 0) is 0 Å². The average Bonchev–Trinajstić information content (AvgIpc) is 2.67. The maximum absolute atomic E-state index is 13.6. The molecule has 0 bridgehead atoms. The van der Waals surface area contributed by atoms with E-state index in [2.05, 4.69) is 23.7 Å². The van der Waals surface area contributed by atoms with Crippen LogP contribution < -0.4 is 9.47 Å². The molecule has 2 aliphatic carbocycles. The quantitative estimate of drug-likeness (QED) is 0.516. The topological polar surface area (TPSA) is 31.4 Å². The van der Waals surface area contributed by atoms with Gasteiger partial charge in [-0.3, -0.25) is 0 Å². The van der Waals surface area contributed by atoms with Crippen LogP contribution in [0.3, 0.4) is 0 Å². The summed E-state index contributed by atoms with van der Waals surface area (Å²) in [5.74, 6) is 2.23. The highest BCUT2D eigenvalue weighted by Crippen LogP contribution is 2.39. The maximum Gasteiger partial charge on any atom is 0.258 e. The summed E-state index contributed by atoms with van der Waals surface area (Å²) in [5.41, 5.74) is 1.30. The van der Waals surface area contributed by atoms with Crippen LogP contribution in [0.25, 0.3) is 0 Å². The summed E-state index contributed by atoms with van der Waals surface area (Å²) in [7, 11) is 1.42. The molecule has 0 aromatic carbocycles. The smallest absolute Gasteiger partial charge is 0.258 e. The number of nitrogens with zero attached hydrogens (tertiary/aromatic N) is 1. The van der Waals surface area contributed by atoms with E-state index in [1.54, 1.807) is 12.1 Å². The SMILES string of the molecule is C=CC1CCC(C2CC=C(COc3ccc(OC)c(F)n3)CC2)CC1. The number of hydrogen-bond donors (Lipinski definition) is 0. The van der Waals surface area contributed by atoms with Gasteiger partial charge in [0.05, 0.1) is 7.11 Å². The van der Waals surface area contributed by atoms with Crippen LogP contribution in [0.1, 0.15) is 44.9 Å². The molecule has 1 aromatic rings. The van der Waals surface area contributed by atoms with Gasteiger partial charge >= 0.3 is 0 Å². The number of halogens is 1. The summed E-state index contributed by atoms with van der Waals surface area (Å²) >= 11 is 0. The first kappa shape index (κ1) is 18.0. The highest BCUT2D eigenvalue weighted by atomic mass is 19.1. The van der Waals surface area contributed by atoms with Gasteiger partial charge in [-0.05, 0) is 74.3 Å². The molecule has 1 atom stereocenters. The number of ether oxygens (including phenoxy) is 2. The van der Waals surface area contributed by atoms with Crippen LogP contribution in [0.2, 0.25) is 0 Å². The van der Waals surface area contributed by atoms with Crippen LogP contribution in [0.15, 0.2) is 36.4 Å². The second kappa shape index (κ2) is 8.50. The monoisotopic (exact) mass is 345 g/mol. The lowest BCUT2D eigenvalue weighted by Crippen LogP contribution is -2.23. The third-order valence-electron chi connectivity index (χ3n) is 5.78. The Morgan fingerprint density at radius 3 is 2.60 bits per heavy atom. The van der Waals surface area contributed by atoms with Gasteiger partial charge in [-0.1, -0.05) is 12.2 Å². The Morgan fingerprint density at radius 2 is 2.00 bits per heavy atom. The Bertz CT molecular complexity index is 620. The molecule has 3 nitrogen and oxygen atoms in total. The largest absolute Gasteiger partial charge is 0.492 e. The van der Waals surface area contributed by atoms with Crippen molar-refractivity contribution in [3.63, 3.8) is 0 Å². The van der Waals surface area contributed by atoms with Crippen molar-refractivity contribution in [1.29, 1.82) is 0 Å². The molecule has 0 aliphatic heterocycles. The number of pyridine rings is 1. The van der Waals surface area contributed by atoms with E-state index < -0.39 is 5.95 Å². The number of hydrogen-bond acceptors (Lipinski definition) is 3. The molecule has 136 valence electrons. The van der Waals surface area contributed by atoms with E-state index >= 15 is 0 Å². The van der Waals surface area contributed by atoms with E-state index in [0.717, 1.165) is 30.6 Å². The molecule has 1 saturated carbocycles. The third-order valence-corrected chi connectivity index (χ3v) is 5.78. The predicted octanol–water partition coefficient (Wildman–Crippen LogP) is 5.33. The standard InChI is InChI=1S/C21H28FNO2/c1-3-15-4-8-17(9-5-15)18-10-6-16(7-11-18)14-25-20-13-12-19(24-2)21(22)23-20/h3,6,12-13,15,17-18H,1,4-5,7-11,14H2,2H3. The fourth-order valence-electron chi connectivity index (χ4n) is 4.12. The van der Waals surface area contributed by atoms with Crippen molar-refractivity contribution in [3.05, 3.63) is 42.4 Å². The van der Waals surface area contributed by atoms with Crippen molar-refractivity contribution < 1.29 is 13.9 Å². The lowest BCUT2D eigenvalue weighted by atomic mass is 9.71. The Kier molecular flexibility index (Phi) is 6.11. The van der Waals surface area contributed by atoms with Gasteiger partial charge in [0.2, 0.25) is 5.88 Å². The van der Waals surface area contributed by atoms with Crippen molar-refractivity contribution in [2.75, 3.05) is 13.7 Å². The molecule has 1 aromatic heterocycles. The van der Waals surface area contributed by atoms with Crippen LogP contribution in [-0.4, -0.2) is 18.7 Å². The van der Waals surface area contributed by atoms with Gasteiger partial charge in [-0.2, -0.15) is 9.37 Å². The molecule has 0 saturated heterocycles. The maximum atomic E-state index is 13.6. The Morgan fingerprint density at radius 1 is 1.20 bits per heavy atom. The van der Waals surface area contributed by atoms with Crippen molar-refractivity contribution >= 4 is 0 Å².